The zero-order valence-corrected chi connectivity index (χ0v) is 21.9. The number of unbranched alkanes of at least 4 members (excludes halogenated alkanes) is 3. The van der Waals surface area contributed by atoms with Crippen LogP contribution in [0.3, 0.4) is 0 Å². The summed E-state index contributed by atoms with van der Waals surface area (Å²) in [4.78, 5) is 0. The second kappa shape index (κ2) is 14.3. The van der Waals surface area contributed by atoms with Gasteiger partial charge in [0.2, 0.25) is 0 Å². The van der Waals surface area contributed by atoms with Gasteiger partial charge in [0, 0.05) is 0 Å². The van der Waals surface area contributed by atoms with Crippen LogP contribution in [0.2, 0.25) is 13.3 Å². The Morgan fingerprint density at radius 3 is 2.11 bits per heavy atom. The molecule has 1 heterocycles. The minimum atomic E-state index is -2.45. The van der Waals surface area contributed by atoms with E-state index in [2.05, 4.69) is 40.7 Å². The summed E-state index contributed by atoms with van der Waals surface area (Å²) in [6.07, 6.45) is 12.1. The van der Waals surface area contributed by atoms with Crippen LogP contribution in [0.1, 0.15) is 79.6 Å². The monoisotopic (exact) mass is 490 g/mol. The van der Waals surface area contributed by atoms with Crippen LogP contribution in [0.4, 0.5) is 0 Å². The molecule has 4 heteroatoms. The molecule has 0 aromatic carbocycles. The Morgan fingerprint density at radius 1 is 1.07 bits per heavy atom. The van der Waals surface area contributed by atoms with Gasteiger partial charge in [-0.3, -0.25) is 0 Å². The molecule has 0 spiro atoms. The van der Waals surface area contributed by atoms with Crippen molar-refractivity contribution >= 4 is 18.4 Å². The molecule has 0 saturated carbocycles. The van der Waals surface area contributed by atoms with Gasteiger partial charge < -0.3 is 0 Å². The van der Waals surface area contributed by atoms with E-state index >= 15 is 0 Å². The molecule has 0 amide bonds. The van der Waals surface area contributed by atoms with E-state index in [-0.39, 0.29) is 0 Å². The summed E-state index contributed by atoms with van der Waals surface area (Å²) >= 11 is -2.45. The Morgan fingerprint density at radius 2 is 1.63 bits per heavy atom. The molecule has 160 valence electrons. The van der Waals surface area contributed by atoms with Gasteiger partial charge in [-0.05, 0) is 0 Å². The zero-order valence-electron chi connectivity index (χ0n) is 19.0. The molecule has 3 atom stereocenters. The topological polar surface area (TPSA) is 27.7 Å². The summed E-state index contributed by atoms with van der Waals surface area (Å²) in [5, 5.41) is 0. The van der Waals surface area contributed by atoms with E-state index in [0.717, 1.165) is 6.61 Å². The molecule has 0 N–H and O–H groups in total. The van der Waals surface area contributed by atoms with Crippen molar-refractivity contribution in [2.75, 3.05) is 20.5 Å². The molecule has 1 aliphatic rings. The number of ether oxygens (including phenoxy) is 3. The van der Waals surface area contributed by atoms with Crippen LogP contribution >= 0.6 is 0 Å². The Labute approximate surface area is 173 Å². The summed E-state index contributed by atoms with van der Waals surface area (Å²) in [6.45, 7) is 12.7. The molecule has 0 aromatic heterocycles. The third-order valence-electron chi connectivity index (χ3n) is 6.19. The number of hydrogen-bond acceptors (Lipinski definition) is 3. The molecular weight excluding hydrogens is 443 g/mol. The van der Waals surface area contributed by atoms with Crippen molar-refractivity contribution in [2.24, 2.45) is 11.8 Å². The summed E-state index contributed by atoms with van der Waals surface area (Å²) in [6, 6.07) is 0. The van der Waals surface area contributed by atoms with Gasteiger partial charge in [-0.25, -0.2) is 0 Å². The number of methoxy groups -OCH3 is 1. The first-order chi connectivity index (χ1) is 13.0. The second-order valence-electron chi connectivity index (χ2n) is 8.71. The van der Waals surface area contributed by atoms with Crippen molar-refractivity contribution in [3.8, 4) is 0 Å². The van der Waals surface area contributed by atoms with Gasteiger partial charge in [-0.15, -0.1) is 0 Å². The van der Waals surface area contributed by atoms with Gasteiger partial charge in [0.15, 0.2) is 0 Å². The summed E-state index contributed by atoms with van der Waals surface area (Å²) < 4.78 is 23.5. The second-order valence-corrected chi connectivity index (χ2v) is 21.7. The molecule has 0 aliphatic carbocycles. The van der Waals surface area contributed by atoms with E-state index in [4.69, 9.17) is 14.2 Å². The first-order valence-corrected chi connectivity index (χ1v) is 19.0. The average Bonchev–Trinajstić information content (AvgIpc) is 2.68. The van der Waals surface area contributed by atoms with Gasteiger partial charge in [0.25, 0.3) is 0 Å². The van der Waals surface area contributed by atoms with Gasteiger partial charge in [0.05, 0.1) is 0 Å². The first-order valence-electron chi connectivity index (χ1n) is 11.5. The molecule has 0 unspecified atom stereocenters. The van der Waals surface area contributed by atoms with E-state index in [9.17, 15) is 0 Å². The Kier molecular flexibility index (Phi) is 13.4. The molecule has 1 rings (SSSR count). The third kappa shape index (κ3) is 8.26. The first kappa shape index (κ1) is 25.3. The molecule has 0 fully saturated rings. The minimum absolute atomic E-state index is 0.294. The van der Waals surface area contributed by atoms with Crippen LogP contribution < -0.4 is 0 Å². The number of hydrogen-bond donors (Lipinski definition) is 0. The van der Waals surface area contributed by atoms with Gasteiger partial charge in [-0.2, -0.15) is 0 Å². The maximum atomic E-state index is 6.88. The summed E-state index contributed by atoms with van der Waals surface area (Å²) in [7, 11) is 1.68. The standard InChI is InChI=1S/C11H19O3.3C4H9.Sn/c1-9-5-4-6-14-11(9)10(2)7-13-8-12-3;3*1-3-4-2;/h4,9-11H,5,7-8H2,1-3H3;3*1,3-4H2,2H3;/t9-,10-,11+;;;;/m1..../s1. The van der Waals surface area contributed by atoms with Crippen molar-refractivity contribution in [2.45, 2.75) is 99.0 Å². The fourth-order valence-electron chi connectivity index (χ4n) is 4.46. The normalized spacial score (nSPS) is 21.6. The Bertz CT molecular complexity index is 389. The summed E-state index contributed by atoms with van der Waals surface area (Å²) in [5.74, 6) is 0.980. The molecule has 0 bridgehead atoms. The summed E-state index contributed by atoms with van der Waals surface area (Å²) in [5.41, 5.74) is 0. The zero-order chi connectivity index (χ0) is 20.1. The van der Waals surface area contributed by atoms with Gasteiger partial charge >= 0.3 is 174 Å². The maximum absolute atomic E-state index is 6.88. The predicted molar refractivity (Wildman–Crippen MR) is 119 cm³/mol. The molecule has 0 radical (unpaired) electrons. The van der Waals surface area contributed by atoms with Crippen molar-refractivity contribution in [3.05, 3.63) is 9.85 Å². The van der Waals surface area contributed by atoms with Crippen LogP contribution in [0.5, 0.6) is 0 Å². The van der Waals surface area contributed by atoms with Crippen LogP contribution in [0, 0.1) is 11.8 Å². The quantitative estimate of drug-likeness (QED) is 0.142. The van der Waals surface area contributed by atoms with E-state index in [1.165, 1.54) is 62.0 Å². The van der Waals surface area contributed by atoms with E-state index < -0.39 is 18.4 Å². The van der Waals surface area contributed by atoms with E-state index in [0.29, 0.717) is 24.7 Å². The number of rotatable bonds is 15. The molecule has 3 nitrogen and oxygen atoms in total. The predicted octanol–water partition coefficient (Wildman–Crippen LogP) is 6.94. The van der Waals surface area contributed by atoms with Crippen molar-refractivity contribution in [1.29, 1.82) is 0 Å². The molecule has 27 heavy (non-hydrogen) atoms. The van der Waals surface area contributed by atoms with Crippen LogP contribution in [0.15, 0.2) is 9.85 Å². The SMILES string of the molecule is CCC[CH2][Sn]([CH2]CCC)([CH2]CCC)[C]1=CC[C@@H](C)[C@@H]([C@H](C)COCOC)O1. The van der Waals surface area contributed by atoms with Crippen LogP contribution in [0.25, 0.3) is 0 Å². The Hall–Kier alpha value is 0.259. The molecular formula is C23H46O3Sn. The van der Waals surface area contributed by atoms with E-state index in [1.54, 1.807) is 7.11 Å². The van der Waals surface area contributed by atoms with Crippen molar-refractivity contribution in [3.63, 3.8) is 0 Å². The van der Waals surface area contributed by atoms with Gasteiger partial charge in [-0.1, -0.05) is 0 Å². The van der Waals surface area contributed by atoms with Crippen LogP contribution in [-0.2, 0) is 14.2 Å². The van der Waals surface area contributed by atoms with Crippen molar-refractivity contribution < 1.29 is 14.2 Å². The molecule has 1 aliphatic heterocycles. The third-order valence-corrected chi connectivity index (χ3v) is 21.3. The van der Waals surface area contributed by atoms with Gasteiger partial charge in [0.1, 0.15) is 0 Å². The fourth-order valence-corrected chi connectivity index (χ4v) is 20.2. The fraction of sp³-hybridized carbons (Fsp3) is 0.913. The average molecular weight is 489 g/mol. The van der Waals surface area contributed by atoms with Crippen molar-refractivity contribution in [1.82, 2.24) is 0 Å². The molecule has 0 aromatic rings. The van der Waals surface area contributed by atoms with Crippen LogP contribution in [-0.4, -0.2) is 45.0 Å². The molecule has 0 saturated heterocycles. The number of allylic oxidation sites excluding steroid dienone is 1. The Balaban J connectivity index is 2.96. The van der Waals surface area contributed by atoms with E-state index in [1.807, 2.05) is 0 Å².